The summed E-state index contributed by atoms with van der Waals surface area (Å²) >= 11 is 0. The third kappa shape index (κ3) is 4.31. The molecule has 0 aromatic heterocycles. The van der Waals surface area contributed by atoms with Crippen molar-refractivity contribution in [3.63, 3.8) is 0 Å². The summed E-state index contributed by atoms with van der Waals surface area (Å²) < 4.78 is 0. The number of piperidine rings is 1. The van der Waals surface area contributed by atoms with Gasteiger partial charge < -0.3 is 10.2 Å². The van der Waals surface area contributed by atoms with Gasteiger partial charge in [-0.15, -0.1) is 0 Å². The number of likely N-dealkylation sites (tertiary alicyclic amines) is 1. The van der Waals surface area contributed by atoms with Crippen LogP contribution in [0.4, 0.5) is 0 Å². The van der Waals surface area contributed by atoms with Gasteiger partial charge in [0.1, 0.15) is 0 Å². The van der Waals surface area contributed by atoms with Gasteiger partial charge in [-0.1, -0.05) is 12.1 Å². The molecule has 0 atom stereocenters. The number of nitrogens with one attached hydrogen (secondary N) is 1. The van der Waals surface area contributed by atoms with Crippen molar-refractivity contribution in [1.29, 1.82) is 0 Å². The van der Waals surface area contributed by atoms with Gasteiger partial charge in [-0.2, -0.15) is 0 Å². The van der Waals surface area contributed by atoms with E-state index in [1.807, 2.05) is 36.1 Å². The molecule has 2 rings (SSSR count). The topological polar surface area (TPSA) is 49.4 Å². The first-order valence-electron chi connectivity index (χ1n) is 7.58. The van der Waals surface area contributed by atoms with Crippen LogP contribution in [0.3, 0.4) is 0 Å². The lowest BCUT2D eigenvalue weighted by Crippen LogP contribution is -2.39. The SMILES string of the molecule is [CH2]c1ccc(C(=O)N2CCC(CC(=O)NCC)CC2)cc1. The molecule has 1 aromatic carbocycles. The summed E-state index contributed by atoms with van der Waals surface area (Å²) in [5.41, 5.74) is 1.62. The lowest BCUT2D eigenvalue weighted by atomic mass is 9.93. The van der Waals surface area contributed by atoms with E-state index in [2.05, 4.69) is 12.2 Å². The summed E-state index contributed by atoms with van der Waals surface area (Å²) in [4.78, 5) is 25.8. The van der Waals surface area contributed by atoms with Gasteiger partial charge in [0.25, 0.3) is 5.91 Å². The molecule has 0 spiro atoms. The predicted octanol–water partition coefficient (Wildman–Crippen LogP) is 2.25. The van der Waals surface area contributed by atoms with Crippen LogP contribution in [-0.2, 0) is 4.79 Å². The maximum atomic E-state index is 12.4. The number of carbonyl (C=O) groups is 2. The first-order valence-corrected chi connectivity index (χ1v) is 7.58. The van der Waals surface area contributed by atoms with E-state index in [4.69, 9.17) is 0 Å². The third-order valence-electron chi connectivity index (χ3n) is 3.95. The largest absolute Gasteiger partial charge is 0.356 e. The van der Waals surface area contributed by atoms with Gasteiger partial charge in [0.05, 0.1) is 0 Å². The lowest BCUT2D eigenvalue weighted by molar-refractivity contribution is -0.122. The van der Waals surface area contributed by atoms with Crippen LogP contribution in [0, 0.1) is 12.8 Å². The first-order chi connectivity index (χ1) is 10.1. The summed E-state index contributed by atoms with van der Waals surface area (Å²) in [5.74, 6) is 0.586. The average Bonchev–Trinajstić information content (AvgIpc) is 2.48. The Hall–Kier alpha value is -1.84. The fraction of sp³-hybridized carbons (Fsp3) is 0.471. The molecule has 1 radical (unpaired) electrons. The third-order valence-corrected chi connectivity index (χ3v) is 3.95. The number of benzene rings is 1. The monoisotopic (exact) mass is 287 g/mol. The Morgan fingerprint density at radius 2 is 1.86 bits per heavy atom. The Morgan fingerprint density at radius 1 is 1.24 bits per heavy atom. The normalized spacial score (nSPS) is 15.8. The Labute approximate surface area is 126 Å². The molecule has 0 aliphatic carbocycles. The number of hydrogen-bond acceptors (Lipinski definition) is 2. The minimum absolute atomic E-state index is 0.0754. The van der Waals surface area contributed by atoms with E-state index in [9.17, 15) is 9.59 Å². The van der Waals surface area contributed by atoms with Gasteiger partial charge in [-0.25, -0.2) is 0 Å². The van der Waals surface area contributed by atoms with E-state index in [-0.39, 0.29) is 11.8 Å². The number of nitrogens with zero attached hydrogens (tertiary/aromatic N) is 1. The fourth-order valence-electron chi connectivity index (χ4n) is 2.70. The van der Waals surface area contributed by atoms with Crippen molar-refractivity contribution in [1.82, 2.24) is 10.2 Å². The summed E-state index contributed by atoms with van der Waals surface area (Å²) in [5, 5.41) is 2.83. The van der Waals surface area contributed by atoms with Crippen molar-refractivity contribution in [2.45, 2.75) is 26.2 Å². The van der Waals surface area contributed by atoms with E-state index in [1.165, 1.54) is 0 Å². The molecule has 2 amide bonds. The molecular formula is C17H23N2O2. The van der Waals surface area contributed by atoms with Crippen molar-refractivity contribution < 1.29 is 9.59 Å². The van der Waals surface area contributed by atoms with E-state index < -0.39 is 0 Å². The van der Waals surface area contributed by atoms with Gasteiger partial charge in [0.15, 0.2) is 0 Å². The molecule has 1 aliphatic heterocycles. The van der Waals surface area contributed by atoms with Crippen LogP contribution in [0.2, 0.25) is 0 Å². The maximum Gasteiger partial charge on any atom is 0.253 e. The molecule has 21 heavy (non-hydrogen) atoms. The highest BCUT2D eigenvalue weighted by molar-refractivity contribution is 5.94. The van der Waals surface area contributed by atoms with Crippen LogP contribution in [-0.4, -0.2) is 36.3 Å². The van der Waals surface area contributed by atoms with Gasteiger partial charge in [0, 0.05) is 31.6 Å². The molecule has 4 heteroatoms. The zero-order chi connectivity index (χ0) is 15.2. The van der Waals surface area contributed by atoms with Gasteiger partial charge in [-0.3, -0.25) is 9.59 Å². The minimum atomic E-state index is 0.0754. The minimum Gasteiger partial charge on any atom is -0.356 e. The van der Waals surface area contributed by atoms with Crippen LogP contribution in [0.1, 0.15) is 42.1 Å². The van der Waals surface area contributed by atoms with Gasteiger partial charge >= 0.3 is 0 Å². The zero-order valence-corrected chi connectivity index (χ0v) is 12.6. The van der Waals surface area contributed by atoms with Crippen LogP contribution in [0.5, 0.6) is 0 Å². The number of carbonyl (C=O) groups excluding carboxylic acids is 2. The second kappa shape index (κ2) is 7.25. The molecule has 113 valence electrons. The average molecular weight is 287 g/mol. The van der Waals surface area contributed by atoms with Crippen LogP contribution >= 0.6 is 0 Å². The maximum absolute atomic E-state index is 12.4. The summed E-state index contributed by atoms with van der Waals surface area (Å²) in [6.07, 6.45) is 2.37. The zero-order valence-electron chi connectivity index (χ0n) is 12.6. The number of rotatable bonds is 4. The highest BCUT2D eigenvalue weighted by Crippen LogP contribution is 2.22. The second-order valence-corrected chi connectivity index (χ2v) is 5.59. The molecule has 4 nitrogen and oxygen atoms in total. The van der Waals surface area contributed by atoms with Crippen LogP contribution in [0.25, 0.3) is 0 Å². The molecule has 1 N–H and O–H groups in total. The Bertz CT molecular complexity index is 488. The van der Waals surface area contributed by atoms with Crippen molar-refractivity contribution in [3.05, 3.63) is 42.3 Å². The van der Waals surface area contributed by atoms with E-state index in [0.29, 0.717) is 24.4 Å². The molecule has 1 saturated heterocycles. The second-order valence-electron chi connectivity index (χ2n) is 5.59. The molecular weight excluding hydrogens is 264 g/mol. The van der Waals surface area contributed by atoms with E-state index in [0.717, 1.165) is 31.5 Å². The lowest BCUT2D eigenvalue weighted by Gasteiger charge is -2.31. The van der Waals surface area contributed by atoms with Crippen LogP contribution in [0.15, 0.2) is 24.3 Å². The highest BCUT2D eigenvalue weighted by atomic mass is 16.2. The molecule has 0 bridgehead atoms. The number of amides is 2. The van der Waals surface area contributed by atoms with Gasteiger partial charge in [0.2, 0.25) is 5.91 Å². The predicted molar refractivity (Wildman–Crippen MR) is 82.8 cm³/mol. The molecule has 1 fully saturated rings. The summed E-state index contributed by atoms with van der Waals surface area (Å²) in [7, 11) is 0. The summed E-state index contributed by atoms with van der Waals surface area (Å²) in [6.45, 7) is 7.89. The van der Waals surface area contributed by atoms with Crippen LogP contribution < -0.4 is 5.32 Å². The number of hydrogen-bond donors (Lipinski definition) is 1. The standard InChI is InChI=1S/C17H23N2O2/c1-3-18-16(20)12-14-8-10-19(11-9-14)17(21)15-6-4-13(2)5-7-15/h4-7,14H,2-3,8-12H2,1H3,(H,18,20). The highest BCUT2D eigenvalue weighted by Gasteiger charge is 2.24. The van der Waals surface area contributed by atoms with Crippen molar-refractivity contribution >= 4 is 11.8 Å². The van der Waals surface area contributed by atoms with Crippen molar-refractivity contribution in [3.8, 4) is 0 Å². The van der Waals surface area contributed by atoms with E-state index in [1.54, 1.807) is 0 Å². The summed E-state index contributed by atoms with van der Waals surface area (Å²) in [6, 6.07) is 7.36. The molecule has 1 aliphatic rings. The molecule has 0 unspecified atom stereocenters. The Balaban J connectivity index is 1.84. The first kappa shape index (κ1) is 15.5. The van der Waals surface area contributed by atoms with Crippen molar-refractivity contribution in [2.24, 2.45) is 5.92 Å². The van der Waals surface area contributed by atoms with Gasteiger partial charge in [-0.05, 0) is 50.3 Å². The molecule has 1 heterocycles. The molecule has 0 saturated carbocycles. The Morgan fingerprint density at radius 3 is 2.43 bits per heavy atom. The van der Waals surface area contributed by atoms with Crippen molar-refractivity contribution in [2.75, 3.05) is 19.6 Å². The smallest absolute Gasteiger partial charge is 0.253 e. The van der Waals surface area contributed by atoms with E-state index >= 15 is 0 Å². The fourth-order valence-corrected chi connectivity index (χ4v) is 2.70. The molecule has 1 aromatic rings. The quantitative estimate of drug-likeness (QED) is 0.923. The Kier molecular flexibility index (Phi) is 5.37.